The molecule has 0 unspecified atom stereocenters. The van der Waals surface area contributed by atoms with Crippen LogP contribution >= 0.6 is 0 Å². The summed E-state index contributed by atoms with van der Waals surface area (Å²) in [4.78, 5) is 14.7. The maximum Gasteiger partial charge on any atom is 0.263 e. The third-order valence-corrected chi connectivity index (χ3v) is 4.74. The molecule has 1 heterocycles. The first-order valence-corrected chi connectivity index (χ1v) is 8.61. The van der Waals surface area contributed by atoms with Crippen LogP contribution in [0, 0.1) is 5.92 Å². The summed E-state index contributed by atoms with van der Waals surface area (Å²) in [5.41, 5.74) is 0. The van der Waals surface area contributed by atoms with Crippen molar-refractivity contribution in [2.24, 2.45) is 5.92 Å². The zero-order chi connectivity index (χ0) is 16.2. The number of carbonyl (C=O) groups is 1. The number of amides is 1. The van der Waals surface area contributed by atoms with E-state index in [0.29, 0.717) is 6.42 Å². The first-order chi connectivity index (χ1) is 11.2. The maximum atomic E-state index is 12.7. The van der Waals surface area contributed by atoms with Crippen molar-refractivity contribution in [3.8, 4) is 5.75 Å². The summed E-state index contributed by atoms with van der Waals surface area (Å²) in [6, 6.07) is 14.2. The smallest absolute Gasteiger partial charge is 0.263 e. The molecule has 122 valence electrons. The first-order valence-electron chi connectivity index (χ1n) is 8.61. The molecule has 1 atom stereocenters. The minimum absolute atomic E-state index is 0.132. The number of hydrogen-bond acceptors (Lipinski definition) is 2. The average Bonchev–Trinajstić information content (AvgIpc) is 2.59. The molecule has 0 bridgehead atoms. The summed E-state index contributed by atoms with van der Waals surface area (Å²) in [5.74, 6) is 1.63. The predicted molar refractivity (Wildman–Crippen MR) is 93.6 cm³/mol. The molecular weight excluding hydrogens is 286 g/mol. The van der Waals surface area contributed by atoms with E-state index in [-0.39, 0.29) is 12.0 Å². The van der Waals surface area contributed by atoms with Gasteiger partial charge in [-0.2, -0.15) is 0 Å². The average molecular weight is 311 g/mol. The number of rotatable bonds is 4. The molecule has 0 aliphatic carbocycles. The highest BCUT2D eigenvalue weighted by Gasteiger charge is 2.27. The van der Waals surface area contributed by atoms with Gasteiger partial charge in [0.25, 0.3) is 5.91 Å². The van der Waals surface area contributed by atoms with Gasteiger partial charge >= 0.3 is 0 Å². The standard InChI is InChI=1S/C20H25NO2/c1-3-19(20(22)21-12-10-15(2)11-13-21)23-18-9-8-16-6-4-5-7-17(16)14-18/h4-9,14-15,19H,3,10-13H2,1-2H3/t19-/m0/s1. The highest BCUT2D eigenvalue weighted by atomic mass is 16.5. The fraction of sp³-hybridized carbons (Fsp3) is 0.450. The van der Waals surface area contributed by atoms with Crippen LogP contribution in [-0.4, -0.2) is 30.0 Å². The topological polar surface area (TPSA) is 29.5 Å². The summed E-state index contributed by atoms with van der Waals surface area (Å²) in [7, 11) is 0. The Labute approximate surface area is 138 Å². The number of ether oxygens (including phenoxy) is 1. The van der Waals surface area contributed by atoms with Gasteiger partial charge in [0.15, 0.2) is 6.10 Å². The number of benzene rings is 2. The van der Waals surface area contributed by atoms with E-state index >= 15 is 0 Å². The molecule has 1 aliphatic heterocycles. The Morgan fingerprint density at radius 3 is 2.57 bits per heavy atom. The number of hydrogen-bond donors (Lipinski definition) is 0. The third-order valence-electron chi connectivity index (χ3n) is 4.74. The molecule has 1 fully saturated rings. The lowest BCUT2D eigenvalue weighted by molar-refractivity contribution is -0.140. The molecule has 1 amide bonds. The quantitative estimate of drug-likeness (QED) is 0.844. The number of likely N-dealkylation sites (tertiary alicyclic amines) is 1. The number of nitrogens with zero attached hydrogens (tertiary/aromatic N) is 1. The second-order valence-electron chi connectivity index (χ2n) is 6.53. The van der Waals surface area contributed by atoms with Crippen molar-refractivity contribution < 1.29 is 9.53 Å². The van der Waals surface area contributed by atoms with Crippen molar-refractivity contribution in [1.29, 1.82) is 0 Å². The normalized spacial score (nSPS) is 17.2. The van der Waals surface area contributed by atoms with Crippen LogP contribution in [0.3, 0.4) is 0 Å². The molecule has 2 aromatic rings. The van der Waals surface area contributed by atoms with Gasteiger partial charge < -0.3 is 9.64 Å². The monoisotopic (exact) mass is 311 g/mol. The number of piperidine rings is 1. The van der Waals surface area contributed by atoms with Gasteiger partial charge in [-0.05, 0) is 48.1 Å². The van der Waals surface area contributed by atoms with Gasteiger partial charge in [0.05, 0.1) is 0 Å². The highest BCUT2D eigenvalue weighted by molar-refractivity contribution is 5.84. The lowest BCUT2D eigenvalue weighted by atomic mass is 9.99. The van der Waals surface area contributed by atoms with E-state index in [4.69, 9.17) is 4.74 Å². The van der Waals surface area contributed by atoms with Crippen LogP contribution in [0.1, 0.15) is 33.1 Å². The molecule has 0 saturated carbocycles. The van der Waals surface area contributed by atoms with Crippen molar-refractivity contribution in [2.75, 3.05) is 13.1 Å². The van der Waals surface area contributed by atoms with Gasteiger partial charge in [-0.15, -0.1) is 0 Å². The van der Waals surface area contributed by atoms with Gasteiger partial charge in [-0.1, -0.05) is 44.2 Å². The largest absolute Gasteiger partial charge is 0.481 e. The second kappa shape index (κ2) is 7.03. The van der Waals surface area contributed by atoms with Gasteiger partial charge in [-0.3, -0.25) is 4.79 Å². The van der Waals surface area contributed by atoms with E-state index in [1.807, 2.05) is 42.2 Å². The van der Waals surface area contributed by atoms with Crippen LogP contribution in [0.2, 0.25) is 0 Å². The molecule has 0 N–H and O–H groups in total. The van der Waals surface area contributed by atoms with Crippen LogP contribution in [0.25, 0.3) is 10.8 Å². The molecule has 0 radical (unpaired) electrons. The van der Waals surface area contributed by atoms with Crippen LogP contribution in [-0.2, 0) is 4.79 Å². The number of carbonyl (C=O) groups excluding carboxylic acids is 1. The third kappa shape index (κ3) is 3.66. The zero-order valence-corrected chi connectivity index (χ0v) is 14.0. The van der Waals surface area contributed by atoms with Gasteiger partial charge in [0.1, 0.15) is 5.75 Å². The van der Waals surface area contributed by atoms with E-state index in [2.05, 4.69) is 19.1 Å². The minimum Gasteiger partial charge on any atom is -0.481 e. The van der Waals surface area contributed by atoms with Crippen molar-refractivity contribution in [3.63, 3.8) is 0 Å². The minimum atomic E-state index is -0.385. The molecule has 3 heteroatoms. The van der Waals surface area contributed by atoms with E-state index in [9.17, 15) is 4.79 Å². The first kappa shape index (κ1) is 15.9. The van der Waals surface area contributed by atoms with Gasteiger partial charge in [0.2, 0.25) is 0 Å². The molecule has 3 rings (SSSR count). The van der Waals surface area contributed by atoms with Crippen molar-refractivity contribution in [2.45, 2.75) is 39.2 Å². The van der Waals surface area contributed by atoms with Gasteiger partial charge in [-0.25, -0.2) is 0 Å². The Kier molecular flexibility index (Phi) is 4.85. The van der Waals surface area contributed by atoms with E-state index in [1.165, 1.54) is 5.39 Å². The molecule has 2 aromatic carbocycles. The summed E-state index contributed by atoms with van der Waals surface area (Å²) in [5, 5.41) is 2.32. The zero-order valence-electron chi connectivity index (χ0n) is 14.0. The molecule has 3 nitrogen and oxygen atoms in total. The van der Waals surface area contributed by atoms with Crippen LogP contribution in [0.4, 0.5) is 0 Å². The molecule has 1 aliphatic rings. The van der Waals surface area contributed by atoms with Crippen LogP contribution < -0.4 is 4.74 Å². The lowest BCUT2D eigenvalue weighted by Crippen LogP contribution is -2.45. The van der Waals surface area contributed by atoms with E-state index in [1.54, 1.807) is 0 Å². The molecular formula is C20H25NO2. The lowest BCUT2D eigenvalue weighted by Gasteiger charge is -2.32. The Bertz CT molecular complexity index is 674. The summed E-state index contributed by atoms with van der Waals surface area (Å²) >= 11 is 0. The van der Waals surface area contributed by atoms with Crippen LogP contribution in [0.15, 0.2) is 42.5 Å². The van der Waals surface area contributed by atoms with E-state index in [0.717, 1.165) is 43.0 Å². The Morgan fingerprint density at radius 2 is 1.87 bits per heavy atom. The highest BCUT2D eigenvalue weighted by Crippen LogP contribution is 2.23. The van der Waals surface area contributed by atoms with E-state index < -0.39 is 0 Å². The Morgan fingerprint density at radius 1 is 1.17 bits per heavy atom. The Balaban J connectivity index is 1.71. The fourth-order valence-corrected chi connectivity index (χ4v) is 3.15. The second-order valence-corrected chi connectivity index (χ2v) is 6.53. The molecule has 0 aromatic heterocycles. The fourth-order valence-electron chi connectivity index (χ4n) is 3.15. The predicted octanol–water partition coefficient (Wildman–Crippen LogP) is 4.26. The molecule has 1 saturated heterocycles. The van der Waals surface area contributed by atoms with Crippen molar-refractivity contribution in [3.05, 3.63) is 42.5 Å². The summed E-state index contributed by atoms with van der Waals surface area (Å²) in [6.07, 6.45) is 2.50. The van der Waals surface area contributed by atoms with Crippen molar-refractivity contribution in [1.82, 2.24) is 4.90 Å². The molecule has 0 spiro atoms. The number of fused-ring (bicyclic) bond motifs is 1. The maximum absolute atomic E-state index is 12.7. The van der Waals surface area contributed by atoms with Crippen LogP contribution in [0.5, 0.6) is 5.75 Å². The van der Waals surface area contributed by atoms with Crippen molar-refractivity contribution >= 4 is 16.7 Å². The summed E-state index contributed by atoms with van der Waals surface area (Å²) in [6.45, 7) is 5.98. The van der Waals surface area contributed by atoms with Gasteiger partial charge in [0, 0.05) is 13.1 Å². The molecule has 23 heavy (non-hydrogen) atoms. The summed E-state index contributed by atoms with van der Waals surface area (Å²) < 4.78 is 6.02. The Hall–Kier alpha value is -2.03. The SMILES string of the molecule is CC[C@H](Oc1ccc2ccccc2c1)C(=O)N1CCC(C)CC1.